The molecule has 0 aliphatic rings. The van der Waals surface area contributed by atoms with Crippen molar-refractivity contribution in [2.45, 2.75) is 6.54 Å². The molecule has 3 nitrogen and oxygen atoms in total. The summed E-state index contributed by atoms with van der Waals surface area (Å²) in [5.41, 5.74) is -0.0523. The number of aromatic nitrogens is 1. The van der Waals surface area contributed by atoms with E-state index in [9.17, 15) is 4.79 Å². The molecule has 0 bridgehead atoms. The van der Waals surface area contributed by atoms with Crippen molar-refractivity contribution in [3.05, 3.63) is 45.3 Å². The number of nitrogens with one attached hydrogen (secondary N) is 1. The van der Waals surface area contributed by atoms with Crippen molar-refractivity contribution in [3.63, 3.8) is 0 Å². The summed E-state index contributed by atoms with van der Waals surface area (Å²) in [6, 6.07) is 7.43. The number of pyridine rings is 1. The van der Waals surface area contributed by atoms with Crippen molar-refractivity contribution in [3.8, 4) is 0 Å². The van der Waals surface area contributed by atoms with Gasteiger partial charge in [0.05, 0.1) is 6.54 Å². The van der Waals surface area contributed by atoms with E-state index in [1.807, 2.05) is 18.2 Å². The summed E-state index contributed by atoms with van der Waals surface area (Å²) in [4.78, 5) is 11.9. The van der Waals surface area contributed by atoms with E-state index < -0.39 is 0 Å². The quantitative estimate of drug-likeness (QED) is 0.833. The molecule has 0 unspecified atom stereocenters. The van der Waals surface area contributed by atoms with Crippen LogP contribution in [-0.2, 0) is 6.54 Å². The number of halogens is 1. The zero-order chi connectivity index (χ0) is 10.8. The van der Waals surface area contributed by atoms with E-state index >= 15 is 0 Å². The van der Waals surface area contributed by atoms with Crippen molar-refractivity contribution < 1.29 is 0 Å². The summed E-state index contributed by atoms with van der Waals surface area (Å²) in [6.45, 7) is 0.324. The molecule has 0 saturated heterocycles. The van der Waals surface area contributed by atoms with Gasteiger partial charge in [-0.25, -0.2) is 0 Å². The van der Waals surface area contributed by atoms with Crippen LogP contribution >= 0.6 is 15.9 Å². The lowest BCUT2D eigenvalue weighted by molar-refractivity contribution is 0.824. The molecule has 0 amide bonds. The van der Waals surface area contributed by atoms with Gasteiger partial charge in [-0.15, -0.1) is 0 Å². The molecular weight excluding hydrogens is 256 g/mol. The second-order valence-electron chi connectivity index (χ2n) is 3.21. The normalized spacial score (nSPS) is 10.5. The lowest BCUT2D eigenvalue weighted by atomic mass is 10.2. The Bertz CT molecular complexity index is 574. The Morgan fingerprint density at radius 1 is 1.40 bits per heavy atom. The molecule has 0 fully saturated rings. The predicted molar refractivity (Wildman–Crippen MR) is 64.7 cm³/mol. The van der Waals surface area contributed by atoms with Crippen molar-refractivity contribution in [1.29, 1.82) is 5.41 Å². The van der Waals surface area contributed by atoms with E-state index in [1.54, 1.807) is 12.3 Å². The van der Waals surface area contributed by atoms with Crippen LogP contribution in [0.15, 0.2) is 39.7 Å². The number of fused-ring (bicyclic) bond motifs is 1. The molecule has 1 N–H and O–H groups in total. The minimum atomic E-state index is -0.0523. The van der Waals surface area contributed by atoms with Crippen LogP contribution < -0.4 is 5.56 Å². The van der Waals surface area contributed by atoms with Gasteiger partial charge in [-0.2, -0.15) is 0 Å². The Balaban J connectivity index is 2.74. The first-order valence-electron chi connectivity index (χ1n) is 4.50. The first-order valence-corrected chi connectivity index (χ1v) is 5.29. The van der Waals surface area contributed by atoms with Crippen LogP contribution in [0.4, 0.5) is 0 Å². The van der Waals surface area contributed by atoms with E-state index in [1.165, 1.54) is 10.8 Å². The monoisotopic (exact) mass is 264 g/mol. The Morgan fingerprint density at radius 3 is 2.93 bits per heavy atom. The molecule has 4 heteroatoms. The molecule has 0 radical (unpaired) electrons. The van der Waals surface area contributed by atoms with Crippen molar-refractivity contribution in [2.24, 2.45) is 0 Å². The van der Waals surface area contributed by atoms with Gasteiger partial charge in [0.2, 0.25) is 0 Å². The van der Waals surface area contributed by atoms with Crippen LogP contribution in [0.5, 0.6) is 0 Å². The number of hydrogen-bond donors (Lipinski definition) is 1. The van der Waals surface area contributed by atoms with E-state index in [4.69, 9.17) is 5.41 Å². The molecule has 0 saturated carbocycles. The maximum absolute atomic E-state index is 11.9. The summed E-state index contributed by atoms with van der Waals surface area (Å²) in [6.07, 6.45) is 2.92. The van der Waals surface area contributed by atoms with Gasteiger partial charge in [-0.1, -0.05) is 15.9 Å². The van der Waals surface area contributed by atoms with Crippen LogP contribution in [-0.4, -0.2) is 10.8 Å². The van der Waals surface area contributed by atoms with Gasteiger partial charge < -0.3 is 9.98 Å². The van der Waals surface area contributed by atoms with Crippen LogP contribution in [0.2, 0.25) is 0 Å². The van der Waals surface area contributed by atoms with Gasteiger partial charge in [0.1, 0.15) is 0 Å². The third-order valence-corrected chi connectivity index (χ3v) is 2.72. The maximum Gasteiger partial charge on any atom is 0.258 e. The van der Waals surface area contributed by atoms with Crippen molar-refractivity contribution in [2.75, 3.05) is 0 Å². The molecular formula is C11H9BrN2O. The molecule has 2 rings (SSSR count). The van der Waals surface area contributed by atoms with E-state index in [0.717, 1.165) is 9.86 Å². The minimum Gasteiger partial charge on any atom is -0.311 e. The predicted octanol–water partition coefficient (Wildman–Crippen LogP) is 2.41. The fourth-order valence-corrected chi connectivity index (χ4v) is 1.88. The summed E-state index contributed by atoms with van der Waals surface area (Å²) >= 11 is 3.36. The highest BCUT2D eigenvalue weighted by Crippen LogP contribution is 2.16. The highest BCUT2D eigenvalue weighted by molar-refractivity contribution is 9.10. The topological polar surface area (TPSA) is 45.9 Å². The molecule has 76 valence electrons. The average molecular weight is 265 g/mol. The van der Waals surface area contributed by atoms with Gasteiger partial charge in [0.25, 0.3) is 5.56 Å². The third kappa shape index (κ3) is 1.85. The van der Waals surface area contributed by atoms with Gasteiger partial charge in [0, 0.05) is 22.3 Å². The molecule has 0 atom stereocenters. The molecule has 2 aromatic rings. The van der Waals surface area contributed by atoms with Gasteiger partial charge in [-0.05, 0) is 29.7 Å². The number of hydrogen-bond acceptors (Lipinski definition) is 2. The summed E-state index contributed by atoms with van der Waals surface area (Å²) in [7, 11) is 0. The molecule has 1 aromatic carbocycles. The van der Waals surface area contributed by atoms with E-state index in [-0.39, 0.29) is 5.56 Å². The van der Waals surface area contributed by atoms with E-state index in [2.05, 4.69) is 15.9 Å². The van der Waals surface area contributed by atoms with Crippen LogP contribution in [0, 0.1) is 5.41 Å². The van der Waals surface area contributed by atoms with Crippen molar-refractivity contribution in [1.82, 2.24) is 4.57 Å². The molecule has 0 aliphatic carbocycles. The molecule has 15 heavy (non-hydrogen) atoms. The number of benzene rings is 1. The zero-order valence-corrected chi connectivity index (χ0v) is 9.49. The Hall–Kier alpha value is -1.42. The maximum atomic E-state index is 11.9. The molecule has 0 spiro atoms. The highest BCUT2D eigenvalue weighted by Gasteiger charge is 2.01. The SMILES string of the molecule is N=CCn1ccc2cc(Br)ccc2c1=O. The standard InChI is InChI=1S/C11H9BrN2O/c12-9-1-2-10-8(7-9)3-5-14(6-4-13)11(10)15/h1-5,7,13H,6H2. The second-order valence-corrected chi connectivity index (χ2v) is 4.12. The average Bonchev–Trinajstić information content (AvgIpc) is 2.22. The molecule has 1 heterocycles. The van der Waals surface area contributed by atoms with Crippen LogP contribution in [0.3, 0.4) is 0 Å². The van der Waals surface area contributed by atoms with E-state index in [0.29, 0.717) is 11.9 Å². The van der Waals surface area contributed by atoms with Gasteiger partial charge in [0.15, 0.2) is 0 Å². The number of rotatable bonds is 2. The Kier molecular flexibility index (Phi) is 2.68. The smallest absolute Gasteiger partial charge is 0.258 e. The molecule has 1 aromatic heterocycles. The van der Waals surface area contributed by atoms with Crippen LogP contribution in [0.25, 0.3) is 10.8 Å². The number of nitrogens with zero attached hydrogens (tertiary/aromatic N) is 1. The summed E-state index contributed by atoms with van der Waals surface area (Å²) < 4.78 is 2.47. The molecule has 0 aliphatic heterocycles. The Morgan fingerprint density at radius 2 is 2.20 bits per heavy atom. The fourth-order valence-electron chi connectivity index (χ4n) is 1.50. The largest absolute Gasteiger partial charge is 0.311 e. The van der Waals surface area contributed by atoms with Crippen molar-refractivity contribution >= 4 is 32.9 Å². The second kappa shape index (κ2) is 3.98. The minimum absolute atomic E-state index is 0.0523. The fraction of sp³-hybridized carbons (Fsp3) is 0.0909. The third-order valence-electron chi connectivity index (χ3n) is 2.23. The summed E-state index contributed by atoms with van der Waals surface area (Å²) in [5.74, 6) is 0. The van der Waals surface area contributed by atoms with Crippen LogP contribution in [0.1, 0.15) is 0 Å². The first kappa shape index (κ1) is 10.1. The van der Waals surface area contributed by atoms with Gasteiger partial charge >= 0.3 is 0 Å². The lowest BCUT2D eigenvalue weighted by Crippen LogP contribution is -2.19. The zero-order valence-electron chi connectivity index (χ0n) is 7.90. The highest BCUT2D eigenvalue weighted by atomic mass is 79.9. The van der Waals surface area contributed by atoms with Gasteiger partial charge in [-0.3, -0.25) is 4.79 Å². The Labute approximate surface area is 95.0 Å². The lowest BCUT2D eigenvalue weighted by Gasteiger charge is -2.03. The summed E-state index contributed by atoms with van der Waals surface area (Å²) in [5, 5.41) is 8.58. The first-order chi connectivity index (χ1) is 7.22.